The monoisotopic (exact) mass is 297 g/mol. The molecule has 1 aromatic heterocycles. The highest BCUT2D eigenvalue weighted by atomic mass is 35.5. The standard InChI is InChI=1S/C14H20ClN3O2/c1-9-7-12(18-14(15)17-9)16-8-10-5-3-4-6-11(10)13(19)20-2/h7,10-11H,3-6,8H2,1-2H3,(H,16,17,18). The fraction of sp³-hybridized carbons (Fsp3) is 0.643. The van der Waals surface area contributed by atoms with E-state index < -0.39 is 0 Å². The summed E-state index contributed by atoms with van der Waals surface area (Å²) in [5.74, 6) is 0.870. The minimum absolute atomic E-state index is 0.0142. The van der Waals surface area contributed by atoms with E-state index in [2.05, 4.69) is 15.3 Å². The van der Waals surface area contributed by atoms with Crippen LogP contribution in [-0.4, -0.2) is 29.6 Å². The van der Waals surface area contributed by atoms with Crippen molar-refractivity contribution in [1.82, 2.24) is 9.97 Å². The van der Waals surface area contributed by atoms with Crippen LogP contribution in [0.25, 0.3) is 0 Å². The average Bonchev–Trinajstić information content (AvgIpc) is 2.43. The summed E-state index contributed by atoms with van der Waals surface area (Å²) in [6.45, 7) is 2.57. The summed E-state index contributed by atoms with van der Waals surface area (Å²) < 4.78 is 4.90. The largest absolute Gasteiger partial charge is 0.469 e. The zero-order chi connectivity index (χ0) is 14.5. The molecule has 1 saturated carbocycles. The predicted molar refractivity (Wildman–Crippen MR) is 77.7 cm³/mol. The molecule has 0 spiro atoms. The first-order valence-electron chi connectivity index (χ1n) is 6.93. The van der Waals surface area contributed by atoms with Crippen LogP contribution >= 0.6 is 11.6 Å². The molecule has 20 heavy (non-hydrogen) atoms. The Hall–Kier alpha value is -1.36. The van der Waals surface area contributed by atoms with Gasteiger partial charge in [0, 0.05) is 18.3 Å². The molecule has 0 aromatic carbocycles. The summed E-state index contributed by atoms with van der Waals surface area (Å²) in [4.78, 5) is 20.0. The summed E-state index contributed by atoms with van der Waals surface area (Å²) in [5, 5.41) is 3.50. The summed E-state index contributed by atoms with van der Waals surface area (Å²) in [7, 11) is 1.45. The van der Waals surface area contributed by atoms with E-state index in [9.17, 15) is 4.79 Å². The smallest absolute Gasteiger partial charge is 0.309 e. The third kappa shape index (κ3) is 3.82. The number of anilines is 1. The molecule has 1 aromatic rings. The Morgan fingerprint density at radius 2 is 2.20 bits per heavy atom. The van der Waals surface area contributed by atoms with Gasteiger partial charge in [0.05, 0.1) is 13.0 Å². The number of hydrogen-bond donors (Lipinski definition) is 1. The molecule has 6 heteroatoms. The second-order valence-corrected chi connectivity index (χ2v) is 5.56. The van der Waals surface area contributed by atoms with Gasteiger partial charge in [0.2, 0.25) is 5.28 Å². The molecule has 1 aliphatic carbocycles. The SMILES string of the molecule is COC(=O)C1CCCCC1CNc1cc(C)nc(Cl)n1. The van der Waals surface area contributed by atoms with Gasteiger partial charge in [-0.05, 0) is 37.3 Å². The molecule has 5 nitrogen and oxygen atoms in total. The van der Waals surface area contributed by atoms with Crippen LogP contribution in [0.4, 0.5) is 5.82 Å². The topological polar surface area (TPSA) is 64.1 Å². The molecule has 2 unspecified atom stereocenters. The number of carbonyl (C=O) groups is 1. The van der Waals surface area contributed by atoms with Gasteiger partial charge in [0.25, 0.3) is 0 Å². The molecule has 0 aliphatic heterocycles. The summed E-state index contributed by atoms with van der Waals surface area (Å²) >= 11 is 5.84. The van der Waals surface area contributed by atoms with Crippen LogP contribution in [0.3, 0.4) is 0 Å². The van der Waals surface area contributed by atoms with Gasteiger partial charge in [0.1, 0.15) is 5.82 Å². The molecule has 1 N–H and O–H groups in total. The number of methoxy groups -OCH3 is 1. The average molecular weight is 298 g/mol. The fourth-order valence-electron chi connectivity index (χ4n) is 2.77. The van der Waals surface area contributed by atoms with Crippen molar-refractivity contribution in [2.75, 3.05) is 19.0 Å². The lowest BCUT2D eigenvalue weighted by molar-refractivity contribution is -0.148. The van der Waals surface area contributed by atoms with Gasteiger partial charge < -0.3 is 10.1 Å². The van der Waals surface area contributed by atoms with Gasteiger partial charge >= 0.3 is 5.97 Å². The van der Waals surface area contributed by atoms with Crippen LogP contribution in [0.1, 0.15) is 31.4 Å². The summed E-state index contributed by atoms with van der Waals surface area (Å²) in [6, 6.07) is 1.85. The maximum atomic E-state index is 11.8. The Kier molecular flexibility index (Phi) is 5.17. The fourth-order valence-corrected chi connectivity index (χ4v) is 3.00. The van der Waals surface area contributed by atoms with Crippen molar-refractivity contribution < 1.29 is 9.53 Å². The van der Waals surface area contributed by atoms with E-state index in [1.165, 1.54) is 7.11 Å². The van der Waals surface area contributed by atoms with E-state index in [1.54, 1.807) is 0 Å². The maximum absolute atomic E-state index is 11.8. The number of nitrogens with zero attached hydrogens (tertiary/aromatic N) is 2. The Labute approximate surface area is 124 Å². The molecule has 0 bridgehead atoms. The first-order valence-corrected chi connectivity index (χ1v) is 7.31. The zero-order valence-corrected chi connectivity index (χ0v) is 12.6. The molecular formula is C14H20ClN3O2. The van der Waals surface area contributed by atoms with Crippen molar-refractivity contribution in [3.05, 3.63) is 17.0 Å². The molecule has 110 valence electrons. The van der Waals surface area contributed by atoms with Crippen molar-refractivity contribution >= 4 is 23.4 Å². The molecule has 0 amide bonds. The lowest BCUT2D eigenvalue weighted by atomic mass is 9.79. The van der Waals surface area contributed by atoms with Gasteiger partial charge in [-0.3, -0.25) is 4.79 Å². The maximum Gasteiger partial charge on any atom is 0.309 e. The van der Waals surface area contributed by atoms with Gasteiger partial charge in [-0.2, -0.15) is 0 Å². The van der Waals surface area contributed by atoms with Gasteiger partial charge in [-0.1, -0.05) is 12.8 Å². The molecule has 2 atom stereocenters. The van der Waals surface area contributed by atoms with Crippen molar-refractivity contribution in [2.45, 2.75) is 32.6 Å². The Bertz CT molecular complexity index is 461. The van der Waals surface area contributed by atoms with E-state index in [1.807, 2.05) is 13.0 Å². The normalized spacial score (nSPS) is 22.4. The molecule has 2 rings (SSSR count). The molecule has 1 fully saturated rings. The predicted octanol–water partition coefficient (Wildman–Crippen LogP) is 2.83. The Balaban J connectivity index is 1.98. The Morgan fingerprint density at radius 3 is 2.90 bits per heavy atom. The van der Waals surface area contributed by atoms with E-state index in [0.29, 0.717) is 12.4 Å². The van der Waals surface area contributed by atoms with Crippen LogP contribution in [0.5, 0.6) is 0 Å². The molecule has 0 radical (unpaired) electrons. The minimum atomic E-state index is -0.103. The van der Waals surface area contributed by atoms with Crippen molar-refractivity contribution in [2.24, 2.45) is 11.8 Å². The van der Waals surface area contributed by atoms with E-state index in [4.69, 9.17) is 16.3 Å². The Morgan fingerprint density at radius 1 is 1.45 bits per heavy atom. The number of rotatable bonds is 4. The first-order chi connectivity index (χ1) is 9.60. The van der Waals surface area contributed by atoms with Gasteiger partial charge in [-0.25, -0.2) is 9.97 Å². The van der Waals surface area contributed by atoms with E-state index in [0.717, 1.165) is 31.4 Å². The number of ether oxygens (including phenoxy) is 1. The molecular weight excluding hydrogens is 278 g/mol. The van der Waals surface area contributed by atoms with Crippen LogP contribution in [0.15, 0.2) is 6.07 Å². The number of hydrogen-bond acceptors (Lipinski definition) is 5. The van der Waals surface area contributed by atoms with Crippen LogP contribution in [0, 0.1) is 18.8 Å². The number of esters is 1. The number of halogens is 1. The highest BCUT2D eigenvalue weighted by Gasteiger charge is 2.31. The first kappa shape index (κ1) is 15.0. The molecule has 0 saturated heterocycles. The second-order valence-electron chi connectivity index (χ2n) is 5.22. The van der Waals surface area contributed by atoms with Crippen molar-refractivity contribution in [1.29, 1.82) is 0 Å². The zero-order valence-electron chi connectivity index (χ0n) is 11.9. The summed E-state index contributed by atoms with van der Waals surface area (Å²) in [5.41, 5.74) is 0.820. The molecule has 1 aliphatic rings. The third-order valence-corrected chi connectivity index (χ3v) is 3.95. The quantitative estimate of drug-likeness (QED) is 0.684. The number of aryl methyl sites for hydroxylation is 1. The van der Waals surface area contributed by atoms with Crippen molar-refractivity contribution in [3.8, 4) is 0 Å². The van der Waals surface area contributed by atoms with Gasteiger partial charge in [-0.15, -0.1) is 0 Å². The number of nitrogens with one attached hydrogen (secondary N) is 1. The highest BCUT2D eigenvalue weighted by molar-refractivity contribution is 6.28. The van der Waals surface area contributed by atoms with Crippen LogP contribution < -0.4 is 5.32 Å². The van der Waals surface area contributed by atoms with Gasteiger partial charge in [0.15, 0.2) is 0 Å². The van der Waals surface area contributed by atoms with Crippen molar-refractivity contribution in [3.63, 3.8) is 0 Å². The van der Waals surface area contributed by atoms with E-state index in [-0.39, 0.29) is 23.1 Å². The van der Waals surface area contributed by atoms with E-state index >= 15 is 0 Å². The lowest BCUT2D eigenvalue weighted by Crippen LogP contribution is -2.32. The highest BCUT2D eigenvalue weighted by Crippen LogP contribution is 2.31. The molecule has 1 heterocycles. The minimum Gasteiger partial charge on any atom is -0.469 e. The third-order valence-electron chi connectivity index (χ3n) is 3.79. The number of aromatic nitrogens is 2. The lowest BCUT2D eigenvalue weighted by Gasteiger charge is -2.29. The second kappa shape index (κ2) is 6.88. The number of carbonyl (C=O) groups excluding carboxylic acids is 1. The summed E-state index contributed by atoms with van der Waals surface area (Å²) in [6.07, 6.45) is 4.19. The van der Waals surface area contributed by atoms with Crippen LogP contribution in [0.2, 0.25) is 5.28 Å². The van der Waals surface area contributed by atoms with Crippen LogP contribution in [-0.2, 0) is 9.53 Å².